The largest absolute Gasteiger partial charge is 0.507 e. The van der Waals surface area contributed by atoms with Gasteiger partial charge < -0.3 is 5.11 Å². The Morgan fingerprint density at radius 3 is 1.80 bits per heavy atom. The standard InChI is InChI=1S/C67H71N3O/c1-41(2)48-32-49(42(3)4)34-51(33-48)46-25-28-60(43(5)31-46)70-61-22-18-21-56(62(61)69-64(70)57-39-55(66(9,10)11)40-58(63(57)71)67(12,13)14)52-35-50(44-19-16-15-17-20-44)36-53(37-52)59-38-47(29-30-68-59)45-23-26-54(27-24-45)65(6,7)8/h15-42,71H,1-14H3/i5D3,6D3,7D3,8D3,9D3,10D3,11D3,12D3,13D3,14D3,41D,42D. The predicted molar refractivity (Wildman–Crippen MR) is 302 cm³/mol. The van der Waals surface area contributed by atoms with Gasteiger partial charge in [-0.1, -0.05) is 186 Å². The highest BCUT2D eigenvalue weighted by Crippen LogP contribution is 2.46. The van der Waals surface area contributed by atoms with E-state index in [1.807, 2.05) is 0 Å². The summed E-state index contributed by atoms with van der Waals surface area (Å²) >= 11 is 0. The Bertz CT molecular complexity index is 4540. The van der Waals surface area contributed by atoms with Crippen molar-refractivity contribution in [1.29, 1.82) is 0 Å². The molecule has 0 saturated heterocycles. The summed E-state index contributed by atoms with van der Waals surface area (Å²) in [5, 5.41) is 13.2. The number of para-hydroxylation sites is 1. The third kappa shape index (κ3) is 9.87. The van der Waals surface area contributed by atoms with E-state index in [4.69, 9.17) is 49.7 Å². The van der Waals surface area contributed by atoms with Crippen LogP contribution in [0.1, 0.15) is 178 Å². The molecule has 0 aliphatic rings. The van der Waals surface area contributed by atoms with E-state index in [9.17, 15) is 9.22 Å². The minimum absolute atomic E-state index is 0.120. The van der Waals surface area contributed by atoms with E-state index in [-0.39, 0.29) is 45.2 Å². The first-order valence-electron chi connectivity index (χ1n) is 38.6. The fourth-order valence-electron chi connectivity index (χ4n) is 8.76. The average molecular weight is 967 g/mol. The van der Waals surface area contributed by atoms with Crippen molar-refractivity contribution in [2.75, 3.05) is 0 Å². The molecule has 0 aliphatic heterocycles. The van der Waals surface area contributed by atoms with Crippen molar-refractivity contribution in [3.05, 3.63) is 191 Å². The molecule has 71 heavy (non-hydrogen) atoms. The lowest BCUT2D eigenvalue weighted by Gasteiger charge is -2.27. The van der Waals surface area contributed by atoms with Crippen molar-refractivity contribution in [3.8, 4) is 78.6 Å². The average Bonchev–Trinajstić information content (AvgIpc) is 1.21. The highest BCUT2D eigenvalue weighted by atomic mass is 16.3. The van der Waals surface area contributed by atoms with Gasteiger partial charge in [0.2, 0.25) is 0 Å². The van der Waals surface area contributed by atoms with E-state index < -0.39 is 136 Å². The van der Waals surface area contributed by atoms with Gasteiger partial charge in [0.05, 0.1) is 28.0 Å². The van der Waals surface area contributed by atoms with Crippen LogP contribution in [-0.2, 0) is 16.2 Å². The maximum Gasteiger partial charge on any atom is 0.149 e. The van der Waals surface area contributed by atoms with Crippen molar-refractivity contribution >= 4 is 11.0 Å². The minimum Gasteiger partial charge on any atom is -0.507 e. The van der Waals surface area contributed by atoms with Crippen LogP contribution in [0.15, 0.2) is 158 Å². The number of aryl methyl sites for hydroxylation is 1. The maximum atomic E-state index is 13.2. The first kappa shape index (κ1) is 23.5. The van der Waals surface area contributed by atoms with Crippen LogP contribution in [0, 0.1) is 6.85 Å². The number of aromatic hydroxyl groups is 1. The Hall–Kier alpha value is -7.04. The Labute approximate surface area is 468 Å². The van der Waals surface area contributed by atoms with E-state index >= 15 is 0 Å². The monoisotopic (exact) mass is 966 g/mol. The molecule has 360 valence electrons. The van der Waals surface area contributed by atoms with E-state index in [2.05, 4.69) is 0 Å². The maximum absolute atomic E-state index is 13.2. The molecule has 4 nitrogen and oxygen atoms in total. The molecule has 0 bridgehead atoms. The first-order chi connectivity index (χ1) is 46.6. The van der Waals surface area contributed by atoms with Gasteiger partial charge >= 0.3 is 0 Å². The van der Waals surface area contributed by atoms with Gasteiger partial charge in [-0.2, -0.15) is 0 Å². The molecule has 4 heteroatoms. The first-order valence-corrected chi connectivity index (χ1v) is 22.6. The number of nitrogens with zero attached hydrogens (tertiary/aromatic N) is 3. The number of benzene rings is 7. The van der Waals surface area contributed by atoms with Crippen LogP contribution >= 0.6 is 0 Å². The third-order valence-electron chi connectivity index (χ3n) is 12.6. The fraction of sp³-hybridized carbons (Fsp3) is 0.284. The van der Waals surface area contributed by atoms with Gasteiger partial charge in [0, 0.05) is 66.8 Å². The van der Waals surface area contributed by atoms with Gasteiger partial charge in [-0.3, -0.25) is 9.55 Å². The Morgan fingerprint density at radius 1 is 0.507 bits per heavy atom. The molecular formula is C67H71N3O. The quantitative estimate of drug-likeness (QED) is 0.157. The Morgan fingerprint density at radius 2 is 1.13 bits per heavy atom. The molecule has 2 heterocycles. The molecule has 0 spiro atoms. The van der Waals surface area contributed by atoms with Crippen LogP contribution in [0.25, 0.3) is 83.9 Å². The lowest BCUT2D eigenvalue weighted by atomic mass is 9.79. The smallest absolute Gasteiger partial charge is 0.149 e. The predicted octanol–water partition coefficient (Wildman–Crippen LogP) is 18.6. The van der Waals surface area contributed by atoms with Crippen LogP contribution < -0.4 is 0 Å². The van der Waals surface area contributed by atoms with Gasteiger partial charge in [0.25, 0.3) is 0 Å². The summed E-state index contributed by atoms with van der Waals surface area (Å²) in [5.74, 6) is -4.93. The number of pyridine rings is 1. The van der Waals surface area contributed by atoms with Crippen molar-refractivity contribution in [1.82, 2.24) is 14.5 Å². The van der Waals surface area contributed by atoms with Gasteiger partial charge in [-0.15, -0.1) is 0 Å². The highest BCUT2D eigenvalue weighted by Gasteiger charge is 2.29. The normalized spacial score (nSPS) is 21.1. The van der Waals surface area contributed by atoms with E-state index in [1.54, 1.807) is 113 Å². The topological polar surface area (TPSA) is 50.9 Å². The molecule has 0 amide bonds. The molecule has 9 rings (SSSR count). The van der Waals surface area contributed by atoms with Gasteiger partial charge in [0.1, 0.15) is 11.6 Å². The summed E-state index contributed by atoms with van der Waals surface area (Å²) in [6.45, 7) is -33.0. The number of hydrogen-bond acceptors (Lipinski definition) is 3. The summed E-state index contributed by atoms with van der Waals surface area (Å²) in [6.07, 6.45) is 1.43. The third-order valence-corrected chi connectivity index (χ3v) is 12.6. The second-order valence-electron chi connectivity index (χ2n) is 18.3. The zero-order valence-electron chi connectivity index (χ0n) is 71.3. The number of phenolic OH excluding ortho intramolecular Hbond substituents is 1. The van der Waals surface area contributed by atoms with Crippen molar-refractivity contribution in [3.63, 3.8) is 0 Å². The number of fused-ring (bicyclic) bond motifs is 1. The zero-order valence-corrected chi connectivity index (χ0v) is 39.3. The second-order valence-corrected chi connectivity index (χ2v) is 18.3. The van der Waals surface area contributed by atoms with Crippen LogP contribution in [0.4, 0.5) is 0 Å². The molecule has 0 radical (unpaired) electrons. The SMILES string of the molecule is [2H]C([2H])([2H])c1cc(-c2cc(C([2H])(C)C)cc(C([2H])(C)C)c2)ccc1-n1c(-c2cc(C(C([2H])([2H])[2H])(C([2H])([2H])[2H])C([2H])([2H])[2H])cc(C(C([2H])([2H])[2H])(C([2H])([2H])[2H])C([2H])([2H])[2H])c2O)nc2c(-c3cc(-c4ccccc4)cc(-c4cc(-c5ccc(C(C([2H])([2H])[2H])(C([2H])([2H])[2H])C([2H])([2H])[2H])cc5)ccn4)c3)cccc21. The van der Waals surface area contributed by atoms with Crippen LogP contribution in [0.2, 0.25) is 0 Å². The lowest BCUT2D eigenvalue weighted by Crippen LogP contribution is -2.17. The molecule has 0 fully saturated rings. The van der Waals surface area contributed by atoms with E-state index in [1.165, 1.54) is 48.7 Å². The van der Waals surface area contributed by atoms with Crippen molar-refractivity contribution in [2.45, 2.75) is 124 Å². The minimum atomic E-state index is -4.35. The summed E-state index contributed by atoms with van der Waals surface area (Å²) < 4.78 is 280. The van der Waals surface area contributed by atoms with E-state index in [0.717, 1.165) is 16.7 Å². The Balaban J connectivity index is 1.45. The molecule has 9 aromatic rings. The molecule has 2 aromatic heterocycles. The van der Waals surface area contributed by atoms with Gasteiger partial charge in [-0.05, 0) is 156 Å². The number of aromatic nitrogens is 3. The Kier molecular flexibility index (Phi) is 6.15. The highest BCUT2D eigenvalue weighted by molar-refractivity contribution is 5.98. The van der Waals surface area contributed by atoms with Gasteiger partial charge in [0.15, 0.2) is 0 Å². The molecule has 0 saturated carbocycles. The molecule has 0 aliphatic carbocycles. The van der Waals surface area contributed by atoms with Gasteiger partial charge in [-0.25, -0.2) is 4.98 Å². The van der Waals surface area contributed by atoms with Crippen LogP contribution in [-0.4, -0.2) is 19.6 Å². The zero-order chi connectivity index (χ0) is 77.6. The molecule has 0 atom stereocenters. The second kappa shape index (κ2) is 18.6. The van der Waals surface area contributed by atoms with Crippen LogP contribution in [0.5, 0.6) is 5.75 Å². The fourth-order valence-corrected chi connectivity index (χ4v) is 8.76. The number of hydrogen-bond donors (Lipinski definition) is 1. The molecule has 0 unspecified atom stereocenters. The number of imidazole rings is 1. The summed E-state index contributed by atoms with van der Waals surface area (Å²) in [7, 11) is 0. The van der Waals surface area contributed by atoms with Crippen molar-refractivity contribution < 1.29 is 49.0 Å². The van der Waals surface area contributed by atoms with Crippen molar-refractivity contribution in [2.24, 2.45) is 0 Å². The molecular weight excluding hydrogens is 863 g/mol. The molecule has 1 N–H and O–H groups in total. The number of rotatable bonds is 9. The van der Waals surface area contributed by atoms with E-state index in [0.29, 0.717) is 50.6 Å². The summed E-state index contributed by atoms with van der Waals surface area (Å²) in [5.41, 5.74) is -13.4. The molecule has 7 aromatic carbocycles. The summed E-state index contributed by atoms with van der Waals surface area (Å²) in [6, 6.07) is 36.2. The summed E-state index contributed by atoms with van der Waals surface area (Å²) in [4.78, 5) is 9.74. The number of phenols is 1. The lowest BCUT2D eigenvalue weighted by molar-refractivity contribution is 0.446. The van der Waals surface area contributed by atoms with Crippen LogP contribution in [0.3, 0.4) is 0 Å².